The van der Waals surface area contributed by atoms with E-state index in [1.165, 1.54) is 63.9 Å². The maximum absolute atomic E-state index is 12.6. The van der Waals surface area contributed by atoms with Crippen molar-refractivity contribution in [2.45, 2.75) is 142 Å². The second-order valence-electron chi connectivity index (χ2n) is 10.2. The molecule has 0 aliphatic rings. The van der Waals surface area contributed by atoms with E-state index in [1.807, 2.05) is 20.8 Å². The van der Waals surface area contributed by atoms with E-state index in [9.17, 15) is 17.8 Å². The first-order valence-corrected chi connectivity index (χ1v) is 15.6. The van der Waals surface area contributed by atoms with E-state index in [2.05, 4.69) is 24.4 Å². The summed E-state index contributed by atoms with van der Waals surface area (Å²) < 4.78 is 33.3. The van der Waals surface area contributed by atoms with Crippen molar-refractivity contribution in [3.63, 3.8) is 0 Å². The third-order valence-electron chi connectivity index (χ3n) is 7.28. The summed E-state index contributed by atoms with van der Waals surface area (Å²) in [4.78, 5) is 12.5. The zero-order valence-electron chi connectivity index (χ0n) is 23.5. The van der Waals surface area contributed by atoms with Gasteiger partial charge in [0.1, 0.15) is 0 Å². The van der Waals surface area contributed by atoms with Crippen LogP contribution in [0.2, 0.25) is 0 Å². The van der Waals surface area contributed by atoms with Crippen LogP contribution in [0.15, 0.2) is 23.1 Å². The molecule has 36 heavy (non-hydrogen) atoms. The molecule has 0 heterocycles. The summed E-state index contributed by atoms with van der Waals surface area (Å²) in [5, 5.41) is 3.07. The van der Waals surface area contributed by atoms with Crippen LogP contribution in [0.25, 0.3) is 0 Å². The Bertz CT molecular complexity index is 921. The number of nitrogens with one attached hydrogen (secondary N) is 1. The number of rotatable bonds is 19. The molecule has 6 heteroatoms. The predicted molar refractivity (Wildman–Crippen MR) is 151 cm³/mol. The molecule has 1 unspecified atom stereocenters. The van der Waals surface area contributed by atoms with Gasteiger partial charge in [-0.05, 0) is 87.6 Å². The Morgan fingerprint density at radius 1 is 0.833 bits per heavy atom. The lowest BCUT2D eigenvalue weighted by Crippen LogP contribution is -2.29. The number of unbranched alkanes of at least 4 members (excludes halogenated alkanes) is 11. The van der Waals surface area contributed by atoms with E-state index < -0.39 is 10.1 Å². The van der Waals surface area contributed by atoms with Crippen LogP contribution >= 0.6 is 0 Å². The monoisotopic (exact) mass is 521 g/mol. The molecule has 1 aromatic rings. The van der Waals surface area contributed by atoms with Crippen molar-refractivity contribution in [2.75, 3.05) is 0 Å². The lowest BCUT2D eigenvalue weighted by Gasteiger charge is -2.23. The molecular formula is C30H51NO4S. The largest absolute Gasteiger partial charge is 0.349 e. The molecule has 0 aromatic heterocycles. The molecule has 0 bridgehead atoms. The van der Waals surface area contributed by atoms with Gasteiger partial charge in [0.15, 0.2) is 0 Å². The summed E-state index contributed by atoms with van der Waals surface area (Å²) in [5.74, 6) is -0.00879. The van der Waals surface area contributed by atoms with Crippen LogP contribution in [-0.2, 0) is 14.9 Å². The summed E-state index contributed by atoms with van der Waals surface area (Å²) in [6, 6.07) is 1.24. The van der Waals surface area contributed by atoms with Gasteiger partial charge < -0.3 is 5.32 Å². The van der Waals surface area contributed by atoms with Crippen molar-refractivity contribution in [2.24, 2.45) is 0 Å². The molecule has 1 rings (SSSR count). The first-order chi connectivity index (χ1) is 17.1. The highest BCUT2D eigenvalue weighted by molar-refractivity contribution is 7.85. The van der Waals surface area contributed by atoms with Crippen molar-refractivity contribution in [1.82, 2.24) is 5.32 Å². The van der Waals surface area contributed by atoms with Gasteiger partial charge in [-0.2, -0.15) is 8.42 Å². The second kappa shape index (κ2) is 17.7. The average Bonchev–Trinajstić information content (AvgIpc) is 2.83. The first-order valence-electron chi connectivity index (χ1n) is 14.2. The Hall–Kier alpha value is -1.66. The van der Waals surface area contributed by atoms with Crippen molar-refractivity contribution in [3.05, 3.63) is 40.5 Å². The fraction of sp³-hybridized carbons (Fsp3) is 0.700. The van der Waals surface area contributed by atoms with Gasteiger partial charge in [0.25, 0.3) is 10.1 Å². The Morgan fingerprint density at radius 2 is 1.36 bits per heavy atom. The molecule has 1 amide bonds. The molecule has 5 nitrogen and oxygen atoms in total. The van der Waals surface area contributed by atoms with Gasteiger partial charge in [-0.25, -0.2) is 0 Å². The number of hydrogen-bond acceptors (Lipinski definition) is 3. The average molecular weight is 522 g/mol. The second-order valence-corrected chi connectivity index (χ2v) is 11.6. The number of hydrogen-bond donors (Lipinski definition) is 2. The number of carbonyl (C=O) groups excluding carboxylic acids is 1. The quantitative estimate of drug-likeness (QED) is 0.109. The Morgan fingerprint density at radius 3 is 1.89 bits per heavy atom. The first kappa shape index (κ1) is 32.4. The van der Waals surface area contributed by atoms with Gasteiger partial charge in [0.05, 0.1) is 10.9 Å². The molecule has 0 aliphatic heterocycles. The molecule has 0 spiro atoms. The minimum atomic E-state index is -4.32. The van der Waals surface area contributed by atoms with Gasteiger partial charge in [-0.3, -0.25) is 9.35 Å². The number of amides is 1. The smallest absolute Gasteiger partial charge is 0.294 e. The van der Waals surface area contributed by atoms with Crippen molar-refractivity contribution < 1.29 is 17.8 Å². The van der Waals surface area contributed by atoms with E-state index >= 15 is 0 Å². The highest BCUT2D eigenvalue weighted by Gasteiger charge is 2.22. The molecule has 0 aliphatic carbocycles. The fourth-order valence-electron chi connectivity index (χ4n) is 4.69. The van der Waals surface area contributed by atoms with Crippen molar-refractivity contribution in [3.8, 4) is 0 Å². The molecular weight excluding hydrogens is 470 g/mol. The minimum Gasteiger partial charge on any atom is -0.349 e. The van der Waals surface area contributed by atoms with Crippen LogP contribution in [0.1, 0.15) is 138 Å². The van der Waals surface area contributed by atoms with Crippen LogP contribution in [0, 0.1) is 20.8 Å². The van der Waals surface area contributed by atoms with Crippen LogP contribution in [-0.4, -0.2) is 18.9 Å². The third-order valence-corrected chi connectivity index (χ3v) is 8.26. The minimum absolute atomic E-state index is 0.00879. The van der Waals surface area contributed by atoms with Crippen LogP contribution in [0.5, 0.6) is 0 Å². The molecule has 0 saturated heterocycles. The summed E-state index contributed by atoms with van der Waals surface area (Å²) >= 11 is 0. The summed E-state index contributed by atoms with van der Waals surface area (Å²) in [5.41, 5.74) is 3.08. The standard InChI is InChI=1S/C30H51NO4S/c1-6-8-9-10-11-12-13-14-15-16-17-18-19-20-21-22-30(32)31-28(7-2)27-23-29(36(33,34)35)26(5)24(3)25(27)4/h14-15,23,28H,6-13,16-22H2,1-5H3,(H,31,32)(H,33,34,35)/b15-14-. The maximum atomic E-state index is 12.6. The zero-order valence-corrected chi connectivity index (χ0v) is 24.3. The molecule has 206 valence electrons. The van der Waals surface area contributed by atoms with Crippen LogP contribution in [0.4, 0.5) is 0 Å². The lowest BCUT2D eigenvalue weighted by atomic mass is 9.93. The molecule has 0 radical (unpaired) electrons. The lowest BCUT2D eigenvalue weighted by molar-refractivity contribution is -0.122. The van der Waals surface area contributed by atoms with E-state index in [0.29, 0.717) is 18.4 Å². The SMILES string of the molecule is CCCCCCCC/C=C\CCCCCCCC(=O)NC(CC)c1cc(S(=O)(=O)O)c(C)c(C)c1C. The normalized spacial score (nSPS) is 12.8. The van der Waals surface area contributed by atoms with E-state index in [1.54, 1.807) is 6.92 Å². The molecule has 2 N–H and O–H groups in total. The van der Waals surface area contributed by atoms with Gasteiger partial charge in [0, 0.05) is 6.42 Å². The van der Waals surface area contributed by atoms with Crippen molar-refractivity contribution in [1.29, 1.82) is 0 Å². The topological polar surface area (TPSA) is 83.5 Å². The highest BCUT2D eigenvalue weighted by Crippen LogP contribution is 2.30. The number of allylic oxidation sites excluding steroid dienone is 2. The van der Waals surface area contributed by atoms with Gasteiger partial charge in [0.2, 0.25) is 5.91 Å². The van der Waals surface area contributed by atoms with Gasteiger partial charge in [-0.15, -0.1) is 0 Å². The van der Waals surface area contributed by atoms with E-state index in [0.717, 1.165) is 42.4 Å². The van der Waals surface area contributed by atoms with E-state index in [-0.39, 0.29) is 16.8 Å². The van der Waals surface area contributed by atoms with Crippen LogP contribution in [0.3, 0.4) is 0 Å². The maximum Gasteiger partial charge on any atom is 0.294 e. The number of benzene rings is 1. The summed E-state index contributed by atoms with van der Waals surface area (Å²) in [6.07, 6.45) is 21.7. The van der Waals surface area contributed by atoms with Crippen LogP contribution < -0.4 is 5.32 Å². The number of carbonyl (C=O) groups is 1. The Kier molecular flexibility index (Phi) is 15.9. The van der Waals surface area contributed by atoms with Crippen molar-refractivity contribution >= 4 is 16.0 Å². The van der Waals surface area contributed by atoms with E-state index in [4.69, 9.17) is 0 Å². The molecule has 0 saturated carbocycles. The fourth-order valence-corrected chi connectivity index (χ4v) is 5.51. The molecule has 1 atom stereocenters. The predicted octanol–water partition coefficient (Wildman–Crippen LogP) is 8.46. The zero-order chi connectivity index (χ0) is 27.0. The highest BCUT2D eigenvalue weighted by atomic mass is 32.2. The Labute approximate surface area is 221 Å². The Balaban J connectivity index is 2.32. The summed E-state index contributed by atoms with van der Waals surface area (Å²) in [6.45, 7) is 9.70. The van der Waals surface area contributed by atoms with Gasteiger partial charge >= 0.3 is 0 Å². The van der Waals surface area contributed by atoms with Gasteiger partial charge in [-0.1, -0.05) is 77.4 Å². The third kappa shape index (κ3) is 12.1. The molecule has 0 fully saturated rings. The summed E-state index contributed by atoms with van der Waals surface area (Å²) in [7, 11) is -4.32. The molecule has 1 aromatic carbocycles.